The molecule has 2 rings (SSSR count). The summed E-state index contributed by atoms with van der Waals surface area (Å²) >= 11 is 5.53. The zero-order valence-electron chi connectivity index (χ0n) is 9.29. The first-order chi connectivity index (χ1) is 8.11. The van der Waals surface area contributed by atoms with Crippen molar-refractivity contribution in [1.29, 1.82) is 0 Å². The average molecular weight is 254 g/mol. The third kappa shape index (κ3) is 2.34. The summed E-state index contributed by atoms with van der Waals surface area (Å²) < 4.78 is 0. The van der Waals surface area contributed by atoms with Gasteiger partial charge in [0.25, 0.3) is 0 Å². The molecule has 1 aromatic carbocycles. The summed E-state index contributed by atoms with van der Waals surface area (Å²) in [7, 11) is 1.68. The number of hydrogen-bond acceptors (Lipinski definition) is 2. The number of aromatic nitrogens is 2. The van der Waals surface area contributed by atoms with Gasteiger partial charge in [0.05, 0.1) is 11.0 Å². The summed E-state index contributed by atoms with van der Waals surface area (Å²) in [6.45, 7) is 0. The number of carbonyl (C=O) groups excluding carboxylic acids is 1. The molecule has 1 aromatic heterocycles. The van der Waals surface area contributed by atoms with Crippen molar-refractivity contribution in [1.82, 2.24) is 9.97 Å². The number of H-pyrrole nitrogens is 2. The van der Waals surface area contributed by atoms with Crippen molar-refractivity contribution in [3.05, 3.63) is 28.7 Å². The number of alkyl halides is 1. The van der Waals surface area contributed by atoms with Gasteiger partial charge < -0.3 is 14.9 Å². The van der Waals surface area contributed by atoms with Gasteiger partial charge in [0, 0.05) is 25.0 Å². The lowest BCUT2D eigenvalue weighted by molar-refractivity contribution is -0.117. The Kier molecular flexibility index (Phi) is 3.19. The molecule has 0 bridgehead atoms. The van der Waals surface area contributed by atoms with Crippen molar-refractivity contribution < 1.29 is 4.79 Å². The molecule has 17 heavy (non-hydrogen) atoms. The Morgan fingerprint density at radius 1 is 1.35 bits per heavy atom. The molecule has 90 valence electrons. The van der Waals surface area contributed by atoms with Crippen LogP contribution < -0.4 is 10.6 Å². The van der Waals surface area contributed by atoms with Crippen LogP contribution in [0.4, 0.5) is 5.69 Å². The van der Waals surface area contributed by atoms with E-state index in [1.54, 1.807) is 25.2 Å². The quantitative estimate of drug-likeness (QED) is 0.813. The standard InChI is InChI=1S/C11H12ClN3O2/c1-15(10(16)4-5-12)7-2-3-8-9(6-7)14-11(17)13-8/h2-3,6H,4-5H2,1H3,(H2,13,14,17). The van der Waals surface area contributed by atoms with Crippen LogP contribution >= 0.6 is 11.6 Å². The van der Waals surface area contributed by atoms with E-state index < -0.39 is 0 Å². The zero-order valence-corrected chi connectivity index (χ0v) is 10.0. The summed E-state index contributed by atoms with van der Waals surface area (Å²) in [4.78, 5) is 29.6. The van der Waals surface area contributed by atoms with Crippen molar-refractivity contribution in [3.63, 3.8) is 0 Å². The van der Waals surface area contributed by atoms with Gasteiger partial charge in [-0.2, -0.15) is 0 Å². The number of benzene rings is 1. The molecule has 0 radical (unpaired) electrons. The summed E-state index contributed by atoms with van der Waals surface area (Å²) in [6.07, 6.45) is 0.291. The normalized spacial score (nSPS) is 10.7. The number of nitrogens with zero attached hydrogens (tertiary/aromatic N) is 1. The molecule has 0 saturated carbocycles. The molecule has 0 aliphatic heterocycles. The minimum absolute atomic E-state index is 0.0581. The lowest BCUT2D eigenvalue weighted by Crippen LogP contribution is -2.26. The first-order valence-electron chi connectivity index (χ1n) is 5.16. The second kappa shape index (κ2) is 4.63. The summed E-state index contributed by atoms with van der Waals surface area (Å²) in [5.74, 6) is 0.240. The van der Waals surface area contributed by atoms with E-state index in [0.29, 0.717) is 17.8 Å². The molecule has 2 N–H and O–H groups in total. The van der Waals surface area contributed by atoms with Gasteiger partial charge in [0.15, 0.2) is 0 Å². The Morgan fingerprint density at radius 3 is 2.76 bits per heavy atom. The Morgan fingerprint density at radius 2 is 2.06 bits per heavy atom. The molecular weight excluding hydrogens is 242 g/mol. The van der Waals surface area contributed by atoms with E-state index in [0.717, 1.165) is 11.2 Å². The van der Waals surface area contributed by atoms with Crippen LogP contribution in [0.5, 0.6) is 0 Å². The van der Waals surface area contributed by atoms with Gasteiger partial charge in [0.1, 0.15) is 0 Å². The van der Waals surface area contributed by atoms with Gasteiger partial charge in [-0.05, 0) is 18.2 Å². The molecule has 2 aromatic rings. The molecule has 0 unspecified atom stereocenters. The van der Waals surface area contributed by atoms with Crippen LogP contribution in [-0.4, -0.2) is 28.8 Å². The summed E-state index contributed by atoms with van der Waals surface area (Å²) in [6, 6.07) is 5.28. The fourth-order valence-electron chi connectivity index (χ4n) is 1.62. The molecule has 5 nitrogen and oxygen atoms in total. The molecule has 0 atom stereocenters. The van der Waals surface area contributed by atoms with Crippen molar-refractivity contribution >= 4 is 34.2 Å². The average Bonchev–Trinajstić information content (AvgIpc) is 2.67. The van der Waals surface area contributed by atoms with Gasteiger partial charge in [-0.25, -0.2) is 4.79 Å². The van der Waals surface area contributed by atoms with Crippen LogP contribution in [0.3, 0.4) is 0 Å². The van der Waals surface area contributed by atoms with Crippen LogP contribution in [0.25, 0.3) is 11.0 Å². The van der Waals surface area contributed by atoms with Gasteiger partial charge in [-0.3, -0.25) is 4.79 Å². The first-order valence-corrected chi connectivity index (χ1v) is 5.70. The van der Waals surface area contributed by atoms with E-state index in [9.17, 15) is 9.59 Å². The highest BCUT2D eigenvalue weighted by atomic mass is 35.5. The van der Waals surface area contributed by atoms with E-state index >= 15 is 0 Å². The third-order valence-corrected chi connectivity index (χ3v) is 2.76. The van der Waals surface area contributed by atoms with Crippen LogP contribution in [0.2, 0.25) is 0 Å². The van der Waals surface area contributed by atoms with Crippen LogP contribution in [-0.2, 0) is 4.79 Å². The van der Waals surface area contributed by atoms with Crippen LogP contribution in [0, 0.1) is 0 Å². The lowest BCUT2D eigenvalue weighted by Gasteiger charge is -2.16. The molecule has 0 saturated heterocycles. The molecule has 1 heterocycles. The molecule has 0 fully saturated rings. The molecule has 0 spiro atoms. The maximum Gasteiger partial charge on any atom is 0.323 e. The van der Waals surface area contributed by atoms with Gasteiger partial charge in [0.2, 0.25) is 5.91 Å². The Balaban J connectivity index is 2.35. The number of carbonyl (C=O) groups is 1. The monoisotopic (exact) mass is 253 g/mol. The molecule has 1 amide bonds. The Labute approximate surface area is 102 Å². The number of imidazole rings is 1. The minimum Gasteiger partial charge on any atom is -0.315 e. The Hall–Kier alpha value is -1.75. The number of fused-ring (bicyclic) bond motifs is 1. The van der Waals surface area contributed by atoms with E-state index in [1.807, 2.05) is 0 Å². The number of halogens is 1. The lowest BCUT2D eigenvalue weighted by atomic mass is 10.2. The number of aromatic amines is 2. The number of amides is 1. The number of hydrogen-bond donors (Lipinski definition) is 2. The zero-order chi connectivity index (χ0) is 12.4. The van der Waals surface area contributed by atoms with Crippen LogP contribution in [0.15, 0.2) is 23.0 Å². The SMILES string of the molecule is CN(C(=O)CCCl)c1ccc2[nH]c(=O)[nH]c2c1. The highest BCUT2D eigenvalue weighted by molar-refractivity contribution is 6.19. The first kappa shape index (κ1) is 11.7. The van der Waals surface area contributed by atoms with E-state index in [4.69, 9.17) is 11.6 Å². The smallest absolute Gasteiger partial charge is 0.315 e. The summed E-state index contributed by atoms with van der Waals surface area (Å²) in [5.41, 5.74) is 1.87. The maximum absolute atomic E-state index is 11.6. The van der Waals surface area contributed by atoms with Gasteiger partial charge in [-0.1, -0.05) is 0 Å². The third-order valence-electron chi connectivity index (χ3n) is 2.57. The van der Waals surface area contributed by atoms with Crippen LogP contribution in [0.1, 0.15) is 6.42 Å². The highest BCUT2D eigenvalue weighted by Gasteiger charge is 2.11. The topological polar surface area (TPSA) is 69.0 Å². The molecular formula is C11H12ClN3O2. The number of anilines is 1. The summed E-state index contributed by atoms with van der Waals surface area (Å²) in [5, 5.41) is 0. The maximum atomic E-state index is 11.6. The van der Waals surface area contributed by atoms with Crippen molar-refractivity contribution in [2.75, 3.05) is 17.8 Å². The van der Waals surface area contributed by atoms with Crippen molar-refractivity contribution in [3.8, 4) is 0 Å². The van der Waals surface area contributed by atoms with E-state index in [1.165, 1.54) is 4.90 Å². The van der Waals surface area contributed by atoms with Crippen molar-refractivity contribution in [2.24, 2.45) is 0 Å². The fourth-order valence-corrected chi connectivity index (χ4v) is 1.78. The number of nitrogens with one attached hydrogen (secondary N) is 2. The minimum atomic E-state index is -0.258. The van der Waals surface area contributed by atoms with E-state index in [2.05, 4.69) is 9.97 Å². The van der Waals surface area contributed by atoms with Gasteiger partial charge >= 0.3 is 5.69 Å². The molecule has 0 aliphatic rings. The predicted molar refractivity (Wildman–Crippen MR) is 67.7 cm³/mol. The van der Waals surface area contributed by atoms with Gasteiger partial charge in [-0.15, -0.1) is 11.6 Å². The Bertz CT molecular complexity index is 602. The second-order valence-corrected chi connectivity index (χ2v) is 4.08. The fraction of sp³-hybridized carbons (Fsp3) is 0.273. The molecule has 0 aliphatic carbocycles. The highest BCUT2D eigenvalue weighted by Crippen LogP contribution is 2.18. The predicted octanol–water partition coefficient (Wildman–Crippen LogP) is 1.45. The molecule has 6 heteroatoms. The second-order valence-electron chi connectivity index (χ2n) is 3.70. The van der Waals surface area contributed by atoms with Crippen molar-refractivity contribution in [2.45, 2.75) is 6.42 Å². The largest absolute Gasteiger partial charge is 0.323 e. The van der Waals surface area contributed by atoms with E-state index in [-0.39, 0.29) is 11.6 Å². The number of rotatable bonds is 3.